The van der Waals surface area contributed by atoms with Crippen molar-refractivity contribution in [3.05, 3.63) is 120 Å². The minimum absolute atomic E-state index is 0.169. The number of anilines is 4. The van der Waals surface area contributed by atoms with Gasteiger partial charge in [-0.2, -0.15) is 0 Å². The molecule has 0 aliphatic rings. The summed E-state index contributed by atoms with van der Waals surface area (Å²) >= 11 is 1.53. The van der Waals surface area contributed by atoms with Gasteiger partial charge in [0.05, 0.1) is 16.6 Å². The minimum Gasteiger partial charge on any atom is -0.444 e. The number of aromatic nitrogens is 1. The molecular weight excluding hydrogens is 679 g/mol. The highest BCUT2D eigenvalue weighted by molar-refractivity contribution is 7.98. The highest BCUT2D eigenvalue weighted by Gasteiger charge is 2.18. The molecule has 1 aromatic heterocycles. The fraction of sp³-hybridized carbons (Fsp3) is 0.225. The van der Waals surface area contributed by atoms with E-state index in [4.69, 9.17) is 9.47 Å². The van der Waals surface area contributed by atoms with Gasteiger partial charge in [0.15, 0.2) is 0 Å². The molecule has 52 heavy (non-hydrogen) atoms. The molecule has 4 N–H and O–H groups in total. The summed E-state index contributed by atoms with van der Waals surface area (Å²) in [5, 5.41) is 11.8. The van der Waals surface area contributed by atoms with Crippen LogP contribution in [0.25, 0.3) is 10.9 Å². The Morgan fingerprint density at radius 1 is 0.538 bits per heavy atom. The van der Waals surface area contributed by atoms with Gasteiger partial charge in [0.1, 0.15) is 11.2 Å². The molecule has 0 aliphatic carbocycles. The Hall–Kier alpha value is -5.88. The van der Waals surface area contributed by atoms with Crippen LogP contribution in [-0.4, -0.2) is 46.4 Å². The Labute approximate surface area is 307 Å². The number of para-hydroxylation sites is 1. The van der Waals surface area contributed by atoms with Crippen LogP contribution in [0.5, 0.6) is 0 Å². The van der Waals surface area contributed by atoms with Crippen molar-refractivity contribution in [3.63, 3.8) is 0 Å². The first-order chi connectivity index (χ1) is 24.6. The standard InChI is InChI=1S/C21H21N3O3.C19H22N2O3S/c1-21(2,3)27-20(26)24-15-10-8-14(9-11-15)23-19(25)17-12-13-22-18-7-5-4-6-16(17)18;1-19(2,3)24-18(23)21-14-11-9-13(10-12-14)20-17(22)15-7-5-6-8-16(15)25-4/h4-13H,1-3H3,(H,23,25)(H,24,26);5-12H,1-4H3,(H,20,22)(H,21,23). The maximum Gasteiger partial charge on any atom is 0.412 e. The molecule has 12 heteroatoms. The number of rotatable bonds is 7. The van der Waals surface area contributed by atoms with E-state index >= 15 is 0 Å². The van der Waals surface area contributed by atoms with Gasteiger partial charge in [-0.1, -0.05) is 30.3 Å². The summed E-state index contributed by atoms with van der Waals surface area (Å²) in [5.41, 5.74) is 3.28. The smallest absolute Gasteiger partial charge is 0.412 e. The molecule has 0 unspecified atom stereocenters. The predicted molar refractivity (Wildman–Crippen MR) is 208 cm³/mol. The Morgan fingerprint density at radius 2 is 0.962 bits per heavy atom. The van der Waals surface area contributed by atoms with Crippen LogP contribution in [0.1, 0.15) is 62.3 Å². The molecule has 0 aliphatic heterocycles. The van der Waals surface area contributed by atoms with Gasteiger partial charge in [0.25, 0.3) is 11.8 Å². The summed E-state index contributed by atoms with van der Waals surface area (Å²) in [6.45, 7) is 10.8. The molecule has 0 spiro atoms. The molecule has 0 saturated heterocycles. The lowest BCUT2D eigenvalue weighted by molar-refractivity contribution is 0.0624. The topological polar surface area (TPSA) is 148 Å². The van der Waals surface area contributed by atoms with Gasteiger partial charge in [-0.3, -0.25) is 25.2 Å². The highest BCUT2D eigenvalue weighted by atomic mass is 32.2. The number of nitrogens with zero attached hydrogens (tertiary/aromatic N) is 1. The number of carbonyl (C=O) groups excluding carboxylic acids is 4. The lowest BCUT2D eigenvalue weighted by Crippen LogP contribution is -2.27. The number of hydrogen-bond acceptors (Lipinski definition) is 8. The van der Waals surface area contributed by atoms with Crippen molar-refractivity contribution in [2.45, 2.75) is 57.6 Å². The van der Waals surface area contributed by atoms with Gasteiger partial charge in [-0.25, -0.2) is 9.59 Å². The number of pyridine rings is 1. The van der Waals surface area contributed by atoms with Gasteiger partial charge >= 0.3 is 12.2 Å². The van der Waals surface area contributed by atoms with Crippen molar-refractivity contribution in [1.29, 1.82) is 0 Å². The van der Waals surface area contributed by atoms with E-state index in [0.29, 0.717) is 33.9 Å². The first-order valence-electron chi connectivity index (χ1n) is 16.4. The number of amides is 4. The van der Waals surface area contributed by atoms with Crippen molar-refractivity contribution in [2.24, 2.45) is 0 Å². The number of carbonyl (C=O) groups is 4. The molecule has 0 bridgehead atoms. The summed E-state index contributed by atoms with van der Waals surface area (Å²) in [7, 11) is 0. The zero-order valence-electron chi connectivity index (χ0n) is 30.2. The highest BCUT2D eigenvalue weighted by Crippen LogP contribution is 2.23. The third-order valence-corrected chi connectivity index (χ3v) is 7.62. The maximum absolute atomic E-state index is 12.6. The summed E-state index contributed by atoms with van der Waals surface area (Å²) < 4.78 is 10.4. The van der Waals surface area contributed by atoms with Crippen LogP contribution in [0, 0.1) is 0 Å². The first-order valence-corrected chi connectivity index (χ1v) is 17.6. The number of nitrogens with one attached hydrogen (secondary N) is 4. The normalized spacial score (nSPS) is 11.0. The quantitative estimate of drug-likeness (QED) is 0.121. The molecular formula is C40H43N5O6S. The fourth-order valence-electron chi connectivity index (χ4n) is 4.64. The van der Waals surface area contributed by atoms with E-state index in [9.17, 15) is 19.2 Å². The van der Waals surface area contributed by atoms with Gasteiger partial charge in [-0.15, -0.1) is 11.8 Å². The molecule has 270 valence electrons. The van der Waals surface area contributed by atoms with E-state index in [1.54, 1.807) is 108 Å². The van der Waals surface area contributed by atoms with E-state index in [0.717, 1.165) is 15.8 Å². The monoisotopic (exact) mass is 721 g/mol. The Balaban J connectivity index is 0.000000234. The van der Waals surface area contributed by atoms with Crippen molar-refractivity contribution in [3.8, 4) is 0 Å². The van der Waals surface area contributed by atoms with E-state index in [1.807, 2.05) is 48.7 Å². The van der Waals surface area contributed by atoms with Crippen LogP contribution in [0.15, 0.2) is 114 Å². The van der Waals surface area contributed by atoms with Crippen molar-refractivity contribution >= 4 is 69.4 Å². The molecule has 4 aromatic carbocycles. The van der Waals surface area contributed by atoms with E-state index < -0.39 is 23.4 Å². The second kappa shape index (κ2) is 17.4. The average Bonchev–Trinajstić information content (AvgIpc) is 3.08. The molecule has 11 nitrogen and oxygen atoms in total. The van der Waals surface area contributed by atoms with Crippen LogP contribution in [-0.2, 0) is 9.47 Å². The van der Waals surface area contributed by atoms with Gasteiger partial charge in [-0.05, 0) is 121 Å². The molecule has 0 atom stereocenters. The van der Waals surface area contributed by atoms with Crippen LogP contribution in [0.2, 0.25) is 0 Å². The zero-order chi connectivity index (χ0) is 37.9. The van der Waals surface area contributed by atoms with Crippen LogP contribution in [0.3, 0.4) is 0 Å². The molecule has 0 fully saturated rings. The summed E-state index contributed by atoms with van der Waals surface area (Å²) in [6, 6.07) is 30.3. The maximum atomic E-state index is 12.6. The average molecular weight is 722 g/mol. The molecule has 0 radical (unpaired) electrons. The summed E-state index contributed by atoms with van der Waals surface area (Å²) in [6.07, 6.45) is 2.51. The van der Waals surface area contributed by atoms with Crippen LogP contribution < -0.4 is 21.3 Å². The Bertz CT molecular complexity index is 2020. The van der Waals surface area contributed by atoms with E-state index in [1.165, 1.54) is 11.8 Å². The molecule has 4 amide bonds. The van der Waals surface area contributed by atoms with Gasteiger partial charge < -0.3 is 20.1 Å². The first kappa shape index (κ1) is 38.9. The third kappa shape index (κ3) is 12.2. The van der Waals surface area contributed by atoms with Crippen molar-refractivity contribution < 1.29 is 28.7 Å². The van der Waals surface area contributed by atoms with Gasteiger partial charge in [0.2, 0.25) is 0 Å². The SMILES string of the molecule is CC(C)(C)OC(=O)Nc1ccc(NC(=O)c2ccnc3ccccc23)cc1.CSc1ccccc1C(=O)Nc1ccc(NC(=O)OC(C)(C)C)cc1. The Morgan fingerprint density at radius 3 is 1.44 bits per heavy atom. The molecule has 5 aromatic rings. The molecule has 0 saturated carbocycles. The summed E-state index contributed by atoms with van der Waals surface area (Å²) in [5.74, 6) is -0.390. The number of hydrogen-bond donors (Lipinski definition) is 4. The van der Waals surface area contributed by atoms with Crippen molar-refractivity contribution in [2.75, 3.05) is 27.5 Å². The number of fused-ring (bicyclic) bond motifs is 1. The summed E-state index contributed by atoms with van der Waals surface area (Å²) in [4.78, 5) is 53.7. The molecule has 5 rings (SSSR count). The lowest BCUT2D eigenvalue weighted by atomic mass is 10.1. The van der Waals surface area contributed by atoms with Crippen LogP contribution in [0.4, 0.5) is 32.3 Å². The number of benzene rings is 4. The lowest BCUT2D eigenvalue weighted by Gasteiger charge is -2.19. The van der Waals surface area contributed by atoms with E-state index in [2.05, 4.69) is 26.3 Å². The van der Waals surface area contributed by atoms with E-state index in [-0.39, 0.29) is 11.8 Å². The second-order valence-electron chi connectivity index (χ2n) is 13.4. The third-order valence-electron chi connectivity index (χ3n) is 6.82. The largest absolute Gasteiger partial charge is 0.444 e. The zero-order valence-corrected chi connectivity index (χ0v) is 31.0. The number of thioether (sulfide) groups is 1. The minimum atomic E-state index is -0.564. The van der Waals surface area contributed by atoms with Crippen molar-refractivity contribution in [1.82, 2.24) is 4.98 Å². The Kier molecular flexibility index (Phi) is 13.0. The predicted octanol–water partition coefficient (Wildman–Crippen LogP) is 9.84. The van der Waals surface area contributed by atoms with Gasteiger partial charge in [0, 0.05) is 39.2 Å². The molecule has 1 heterocycles. The van der Waals surface area contributed by atoms with Crippen LogP contribution >= 0.6 is 11.8 Å². The second-order valence-corrected chi connectivity index (χ2v) is 14.2. The fourth-order valence-corrected chi connectivity index (χ4v) is 5.23. The number of ether oxygens (including phenoxy) is 2.